The Kier molecular flexibility index (Phi) is 2.08. The highest BCUT2D eigenvalue weighted by Gasteiger charge is 2.68. The minimum absolute atomic E-state index is 0.181. The lowest BCUT2D eigenvalue weighted by molar-refractivity contribution is -0.199. The van der Waals surface area contributed by atoms with Crippen molar-refractivity contribution in [1.82, 2.24) is 0 Å². The Hall–Kier alpha value is -0.0951. The third kappa shape index (κ3) is 1.15. The summed E-state index contributed by atoms with van der Waals surface area (Å²) in [6.07, 6.45) is 2.53. The topological polar surface area (TPSA) is 70.5 Å². The van der Waals surface area contributed by atoms with Crippen LogP contribution in [0.2, 0.25) is 0 Å². The van der Waals surface area contributed by atoms with Gasteiger partial charge in [0, 0.05) is 0 Å². The summed E-state index contributed by atoms with van der Waals surface area (Å²) in [4.78, 5) is 0. The lowest BCUT2D eigenvalue weighted by Gasteiger charge is -2.64. The van der Waals surface area contributed by atoms with Gasteiger partial charge >= 0.3 is 7.12 Å². The number of nitrogens with two attached hydrogens (primary N) is 2. The fourth-order valence-corrected chi connectivity index (χ4v) is 4.06. The summed E-state index contributed by atoms with van der Waals surface area (Å²) in [5.41, 5.74) is 11.5. The van der Waals surface area contributed by atoms with Gasteiger partial charge < -0.3 is 20.8 Å². The van der Waals surface area contributed by atoms with Crippen molar-refractivity contribution in [2.24, 2.45) is 28.7 Å². The lowest BCUT2D eigenvalue weighted by atomic mass is 9.43. The summed E-state index contributed by atoms with van der Waals surface area (Å²) >= 11 is 0. The highest BCUT2D eigenvalue weighted by atomic mass is 16.7. The second-order valence-corrected chi connectivity index (χ2v) is 6.41. The van der Waals surface area contributed by atoms with Crippen LogP contribution in [0.15, 0.2) is 0 Å². The second-order valence-electron chi connectivity index (χ2n) is 6.41. The molecule has 4 aliphatic rings. The summed E-state index contributed by atoms with van der Waals surface area (Å²) in [6.45, 7) is 6.85. The summed E-state index contributed by atoms with van der Waals surface area (Å²) < 4.78 is 11.9. The molecule has 90 valence electrons. The van der Waals surface area contributed by atoms with Crippen LogP contribution in [-0.4, -0.2) is 24.9 Å². The first kappa shape index (κ1) is 11.0. The van der Waals surface area contributed by atoms with Crippen molar-refractivity contribution >= 4 is 7.12 Å². The van der Waals surface area contributed by atoms with Crippen LogP contribution in [0, 0.1) is 17.3 Å². The van der Waals surface area contributed by atoms with Crippen LogP contribution < -0.4 is 11.5 Å². The molecule has 4 nitrogen and oxygen atoms in total. The molecule has 4 atom stereocenters. The minimum Gasteiger partial charge on any atom is -0.404 e. The monoisotopic (exact) mass is 224 g/mol. The standard InChI is InChI=1S/C11H21BN2O2/c1-10(2)6-4-7(10)11(3)8(5-6)15-12(16-11)9(13)14/h6-9H,4-5,13-14H2,1-3H3/t6-,7-,8+,11-/m0/s1. The molecule has 0 aromatic heterocycles. The molecule has 1 heterocycles. The molecular weight excluding hydrogens is 203 g/mol. The van der Waals surface area contributed by atoms with Gasteiger partial charge in [-0.2, -0.15) is 0 Å². The van der Waals surface area contributed by atoms with Gasteiger partial charge in [0.05, 0.1) is 17.8 Å². The first-order valence-corrected chi connectivity index (χ1v) is 6.20. The van der Waals surface area contributed by atoms with Crippen molar-refractivity contribution in [2.45, 2.75) is 51.4 Å². The predicted octanol–water partition coefficient (Wildman–Crippen LogP) is 0.497. The van der Waals surface area contributed by atoms with Crippen LogP contribution in [0.1, 0.15) is 33.6 Å². The zero-order chi connectivity index (χ0) is 11.7. The number of hydrogen-bond acceptors (Lipinski definition) is 4. The van der Waals surface area contributed by atoms with Crippen LogP contribution in [0.3, 0.4) is 0 Å². The fraction of sp³-hybridized carbons (Fsp3) is 1.00. The third-order valence-electron chi connectivity index (χ3n) is 5.28. The largest absolute Gasteiger partial charge is 0.490 e. The van der Waals surface area contributed by atoms with Crippen molar-refractivity contribution in [2.75, 3.05) is 0 Å². The summed E-state index contributed by atoms with van der Waals surface area (Å²) in [7, 11) is -0.426. The SMILES string of the molecule is CC1(C)[C@@H]2C[C@H]3OB(C(N)N)O[C@@]3(C)[C@H]1C2. The van der Waals surface area contributed by atoms with Crippen molar-refractivity contribution in [3.05, 3.63) is 0 Å². The maximum atomic E-state index is 6.03. The Labute approximate surface area is 97.2 Å². The molecule has 0 aromatic rings. The van der Waals surface area contributed by atoms with E-state index >= 15 is 0 Å². The normalized spacial score (nSPS) is 49.1. The van der Waals surface area contributed by atoms with Crippen molar-refractivity contribution in [3.8, 4) is 0 Å². The Morgan fingerprint density at radius 3 is 2.50 bits per heavy atom. The van der Waals surface area contributed by atoms with Crippen molar-refractivity contribution < 1.29 is 9.31 Å². The van der Waals surface area contributed by atoms with E-state index in [0.717, 1.165) is 12.3 Å². The molecule has 16 heavy (non-hydrogen) atoms. The van der Waals surface area contributed by atoms with Crippen LogP contribution in [-0.2, 0) is 9.31 Å². The van der Waals surface area contributed by atoms with Crippen LogP contribution in [0.5, 0.6) is 0 Å². The zero-order valence-corrected chi connectivity index (χ0v) is 10.3. The maximum Gasteiger partial charge on any atom is 0.490 e. The molecule has 0 aromatic carbocycles. The van der Waals surface area contributed by atoms with Crippen LogP contribution in [0.4, 0.5) is 0 Å². The molecule has 3 saturated carbocycles. The van der Waals surface area contributed by atoms with Gasteiger partial charge in [0.15, 0.2) is 0 Å². The summed E-state index contributed by atoms with van der Waals surface area (Å²) in [5, 5.41) is 0. The van der Waals surface area contributed by atoms with E-state index in [1.165, 1.54) is 6.42 Å². The van der Waals surface area contributed by atoms with E-state index in [0.29, 0.717) is 11.3 Å². The summed E-state index contributed by atoms with van der Waals surface area (Å²) in [5.74, 6) is 1.35. The highest BCUT2D eigenvalue weighted by Crippen LogP contribution is 2.65. The molecule has 0 amide bonds. The van der Waals surface area contributed by atoms with Crippen LogP contribution in [0.25, 0.3) is 0 Å². The molecule has 1 saturated heterocycles. The molecule has 4 N–H and O–H groups in total. The zero-order valence-electron chi connectivity index (χ0n) is 10.3. The quantitative estimate of drug-likeness (QED) is 0.502. The third-order valence-corrected chi connectivity index (χ3v) is 5.28. The highest BCUT2D eigenvalue weighted by molar-refractivity contribution is 6.47. The Balaban J connectivity index is 1.87. The van der Waals surface area contributed by atoms with E-state index in [-0.39, 0.29) is 11.7 Å². The first-order chi connectivity index (χ1) is 7.35. The van der Waals surface area contributed by atoms with Gasteiger partial charge in [-0.25, -0.2) is 0 Å². The molecule has 5 heteroatoms. The molecule has 0 unspecified atom stereocenters. The van der Waals surface area contributed by atoms with Gasteiger partial charge in [0.2, 0.25) is 0 Å². The molecule has 4 fully saturated rings. The Bertz CT molecular complexity index is 323. The van der Waals surface area contributed by atoms with E-state index in [4.69, 9.17) is 20.8 Å². The maximum absolute atomic E-state index is 6.03. The van der Waals surface area contributed by atoms with Gasteiger partial charge in [-0.15, -0.1) is 0 Å². The van der Waals surface area contributed by atoms with Crippen molar-refractivity contribution in [3.63, 3.8) is 0 Å². The van der Waals surface area contributed by atoms with E-state index in [2.05, 4.69) is 20.8 Å². The lowest BCUT2D eigenvalue weighted by Crippen LogP contribution is -2.65. The summed E-state index contributed by atoms with van der Waals surface area (Å²) in [6, 6.07) is -0.539. The average Bonchev–Trinajstić information content (AvgIpc) is 2.54. The fourth-order valence-electron chi connectivity index (χ4n) is 4.06. The van der Waals surface area contributed by atoms with E-state index in [1.54, 1.807) is 0 Å². The Morgan fingerprint density at radius 2 is 1.94 bits per heavy atom. The van der Waals surface area contributed by atoms with Gasteiger partial charge in [-0.1, -0.05) is 13.8 Å². The number of rotatable bonds is 1. The smallest absolute Gasteiger partial charge is 0.404 e. The van der Waals surface area contributed by atoms with Gasteiger partial charge in [-0.3, -0.25) is 0 Å². The first-order valence-electron chi connectivity index (χ1n) is 6.20. The molecule has 0 radical (unpaired) electrons. The van der Waals surface area contributed by atoms with E-state index in [1.807, 2.05) is 0 Å². The molecule has 2 bridgehead atoms. The minimum atomic E-state index is -0.539. The molecular formula is C11H21BN2O2. The van der Waals surface area contributed by atoms with E-state index in [9.17, 15) is 0 Å². The molecule has 3 aliphatic carbocycles. The van der Waals surface area contributed by atoms with Gasteiger partial charge in [-0.05, 0) is 37.0 Å². The second kappa shape index (κ2) is 3.02. The Morgan fingerprint density at radius 1 is 1.25 bits per heavy atom. The average molecular weight is 224 g/mol. The predicted molar refractivity (Wildman–Crippen MR) is 62.3 cm³/mol. The van der Waals surface area contributed by atoms with Gasteiger partial charge in [0.1, 0.15) is 0 Å². The van der Waals surface area contributed by atoms with Crippen LogP contribution >= 0.6 is 0 Å². The van der Waals surface area contributed by atoms with E-state index < -0.39 is 13.2 Å². The molecule has 1 aliphatic heterocycles. The molecule has 4 rings (SSSR count). The number of hydrogen-bond donors (Lipinski definition) is 2. The van der Waals surface area contributed by atoms with Crippen molar-refractivity contribution in [1.29, 1.82) is 0 Å². The van der Waals surface area contributed by atoms with Gasteiger partial charge in [0.25, 0.3) is 0 Å². The molecule has 0 spiro atoms.